The van der Waals surface area contributed by atoms with Crippen LogP contribution in [-0.2, 0) is 10.1 Å². The Balaban J connectivity index is 1.65. The summed E-state index contributed by atoms with van der Waals surface area (Å²) in [5.41, 5.74) is 0.480. The maximum absolute atomic E-state index is 13.7. The number of rotatable bonds is 5. The standard InChI is InChI=1S/C28H13Br3I2O7S/c29-13-9-19(30)25(20(31)10-13)40-28(35)24-17-7-3-1-5-15(17)23(16-6-2-4-8-18(16)24)27(34)39-14-11-21(32)26(22(33)12-14)41(36,37)38/h1-12H,(H,36,37,38)/p-1. The minimum atomic E-state index is -4.72. The molecule has 0 aromatic heterocycles. The van der Waals surface area contributed by atoms with Crippen molar-refractivity contribution in [1.29, 1.82) is 0 Å². The van der Waals surface area contributed by atoms with Crippen LogP contribution in [0.25, 0.3) is 21.5 Å². The van der Waals surface area contributed by atoms with E-state index in [4.69, 9.17) is 9.47 Å². The van der Waals surface area contributed by atoms with E-state index in [1.54, 1.807) is 106 Å². The van der Waals surface area contributed by atoms with Crippen LogP contribution in [0.15, 0.2) is 91.1 Å². The predicted octanol–water partition coefficient (Wildman–Crippen LogP) is 8.83. The van der Waals surface area contributed by atoms with Crippen LogP contribution in [0.2, 0.25) is 0 Å². The third-order valence-electron chi connectivity index (χ3n) is 5.93. The molecule has 0 radical (unpaired) electrons. The second kappa shape index (κ2) is 12.2. The maximum Gasteiger partial charge on any atom is 0.344 e. The number of hydrogen-bond acceptors (Lipinski definition) is 7. The summed E-state index contributed by atoms with van der Waals surface area (Å²) >= 11 is 13.7. The van der Waals surface area contributed by atoms with Crippen molar-refractivity contribution in [2.24, 2.45) is 0 Å². The molecule has 0 amide bonds. The monoisotopic (exact) mass is 983 g/mol. The van der Waals surface area contributed by atoms with Gasteiger partial charge in [0.1, 0.15) is 15.9 Å². The fourth-order valence-corrected chi connectivity index (χ4v) is 10.7. The van der Waals surface area contributed by atoms with Crippen LogP contribution in [0.1, 0.15) is 20.7 Å². The van der Waals surface area contributed by atoms with Crippen LogP contribution in [0.3, 0.4) is 0 Å². The van der Waals surface area contributed by atoms with Gasteiger partial charge in [-0.1, -0.05) is 64.5 Å². The Morgan fingerprint density at radius 3 is 1.46 bits per heavy atom. The zero-order valence-electron chi connectivity index (χ0n) is 20.1. The van der Waals surface area contributed by atoms with Gasteiger partial charge in [0.2, 0.25) is 0 Å². The van der Waals surface area contributed by atoms with Crippen LogP contribution >= 0.6 is 93.0 Å². The zero-order chi connectivity index (χ0) is 29.6. The van der Waals surface area contributed by atoms with Gasteiger partial charge in [-0.2, -0.15) is 0 Å². The first-order valence-corrected chi connectivity index (χ1v) is 17.3. The molecule has 5 rings (SSSR count). The first kappa shape index (κ1) is 30.8. The van der Waals surface area contributed by atoms with E-state index in [1.807, 2.05) is 0 Å². The molecular weight excluding hydrogens is 974 g/mol. The first-order valence-electron chi connectivity index (χ1n) is 11.3. The van der Waals surface area contributed by atoms with Crippen LogP contribution in [0.5, 0.6) is 11.5 Å². The molecule has 208 valence electrons. The van der Waals surface area contributed by atoms with E-state index in [1.165, 1.54) is 12.1 Å². The Labute approximate surface area is 286 Å². The molecule has 0 aliphatic carbocycles. The van der Waals surface area contributed by atoms with Crippen LogP contribution in [0, 0.1) is 7.14 Å². The molecule has 13 heteroatoms. The topological polar surface area (TPSA) is 110 Å². The second-order valence-corrected chi connectivity index (χ2v) is 14.8. The number of carbonyl (C=O) groups excluding carboxylic acids is 2. The molecule has 0 aliphatic rings. The molecule has 0 fully saturated rings. The summed E-state index contributed by atoms with van der Waals surface area (Å²) in [6, 6.07) is 20.0. The van der Waals surface area contributed by atoms with Crippen molar-refractivity contribution in [3.63, 3.8) is 0 Å². The van der Waals surface area contributed by atoms with Gasteiger partial charge in [-0.3, -0.25) is 0 Å². The molecule has 41 heavy (non-hydrogen) atoms. The molecule has 0 N–H and O–H groups in total. The van der Waals surface area contributed by atoms with Gasteiger partial charge in [0, 0.05) is 11.6 Å². The highest BCUT2D eigenvalue weighted by Gasteiger charge is 2.26. The molecule has 0 saturated heterocycles. The molecule has 5 aromatic carbocycles. The smallest absolute Gasteiger partial charge is 0.344 e. The summed E-state index contributed by atoms with van der Waals surface area (Å²) in [5.74, 6) is -0.986. The van der Waals surface area contributed by atoms with Crippen molar-refractivity contribution in [3.05, 3.63) is 104 Å². The summed E-state index contributed by atoms with van der Waals surface area (Å²) < 4.78 is 48.7. The van der Waals surface area contributed by atoms with Crippen molar-refractivity contribution in [1.82, 2.24) is 0 Å². The molecule has 0 spiro atoms. The highest BCUT2D eigenvalue weighted by atomic mass is 127. The molecule has 0 heterocycles. The summed E-state index contributed by atoms with van der Waals surface area (Å²) in [6.07, 6.45) is 0. The molecule has 0 unspecified atom stereocenters. The SMILES string of the molecule is O=C(Oc1cc(I)c(S(=O)(=O)[O-])c(I)c1)c1c2ccccc2c(C(=O)Oc2c(Br)cc(Br)cc2Br)c2ccccc12. The van der Waals surface area contributed by atoms with E-state index in [0.717, 1.165) is 4.47 Å². The molecular formula is C28H12Br3I2O7S-. The van der Waals surface area contributed by atoms with E-state index in [-0.39, 0.29) is 28.9 Å². The lowest BCUT2D eigenvalue weighted by molar-refractivity contribution is 0.0725. The highest BCUT2D eigenvalue weighted by Crippen LogP contribution is 2.39. The fourth-order valence-electron chi connectivity index (χ4n) is 4.33. The van der Waals surface area contributed by atoms with Crippen molar-refractivity contribution in [2.75, 3.05) is 0 Å². The normalized spacial score (nSPS) is 11.6. The van der Waals surface area contributed by atoms with Crippen molar-refractivity contribution < 1.29 is 32.0 Å². The molecule has 5 aromatic rings. The van der Waals surface area contributed by atoms with Gasteiger partial charge in [-0.25, -0.2) is 18.0 Å². The largest absolute Gasteiger partial charge is 0.744 e. The quantitative estimate of drug-likeness (QED) is 0.0570. The predicted molar refractivity (Wildman–Crippen MR) is 181 cm³/mol. The summed E-state index contributed by atoms with van der Waals surface area (Å²) in [6.45, 7) is 0. The fraction of sp³-hybridized carbons (Fsp3) is 0. The van der Waals surface area contributed by atoms with Crippen molar-refractivity contribution >= 4 is 137 Å². The number of hydrogen-bond donors (Lipinski definition) is 0. The Kier molecular flexibility index (Phi) is 9.14. The van der Waals surface area contributed by atoms with Gasteiger partial charge >= 0.3 is 11.9 Å². The summed E-state index contributed by atoms with van der Waals surface area (Å²) in [7, 11) is -4.72. The highest BCUT2D eigenvalue weighted by molar-refractivity contribution is 14.1. The number of ether oxygens (including phenoxy) is 2. The Morgan fingerprint density at radius 1 is 0.683 bits per heavy atom. The maximum atomic E-state index is 13.7. The average molecular weight is 986 g/mol. The molecule has 0 atom stereocenters. The van der Waals surface area contributed by atoms with Gasteiger partial charge in [0.25, 0.3) is 0 Å². The first-order chi connectivity index (χ1) is 19.4. The van der Waals surface area contributed by atoms with Crippen LogP contribution in [0.4, 0.5) is 0 Å². The number of esters is 2. The van der Waals surface area contributed by atoms with E-state index in [2.05, 4.69) is 47.8 Å². The third kappa shape index (κ3) is 6.21. The average Bonchev–Trinajstić information content (AvgIpc) is 2.87. The van der Waals surface area contributed by atoms with Gasteiger partial charge in [0.15, 0.2) is 5.75 Å². The summed E-state index contributed by atoms with van der Waals surface area (Å²) in [4.78, 5) is 27.0. The van der Waals surface area contributed by atoms with Gasteiger partial charge in [-0.15, -0.1) is 0 Å². The van der Waals surface area contributed by atoms with E-state index in [9.17, 15) is 22.6 Å². The van der Waals surface area contributed by atoms with Crippen LogP contribution in [-0.4, -0.2) is 24.9 Å². The number of carbonyl (C=O) groups is 2. The Bertz CT molecular complexity index is 1930. The van der Waals surface area contributed by atoms with Gasteiger partial charge < -0.3 is 14.0 Å². The second-order valence-electron chi connectivity index (χ2n) is 8.49. The van der Waals surface area contributed by atoms with E-state index >= 15 is 0 Å². The minimum Gasteiger partial charge on any atom is -0.744 e. The number of fused-ring (bicyclic) bond motifs is 2. The van der Waals surface area contributed by atoms with E-state index < -0.39 is 22.1 Å². The summed E-state index contributed by atoms with van der Waals surface area (Å²) in [5, 5.41) is 1.87. The Hall–Kier alpha value is -1.63. The zero-order valence-corrected chi connectivity index (χ0v) is 30.0. The van der Waals surface area contributed by atoms with E-state index in [0.29, 0.717) is 36.2 Å². The van der Waals surface area contributed by atoms with Gasteiger partial charge in [-0.05, 0) is 123 Å². The van der Waals surface area contributed by atoms with Gasteiger partial charge in [0.05, 0.1) is 25.0 Å². The lowest BCUT2D eigenvalue weighted by Crippen LogP contribution is -2.15. The van der Waals surface area contributed by atoms with Crippen LogP contribution < -0.4 is 9.47 Å². The molecule has 0 bridgehead atoms. The Morgan fingerprint density at radius 2 is 1.07 bits per heavy atom. The minimum absolute atomic E-state index is 0.0674. The molecule has 0 aliphatic heterocycles. The number of benzene rings is 5. The van der Waals surface area contributed by atoms with Crippen molar-refractivity contribution in [3.8, 4) is 11.5 Å². The van der Waals surface area contributed by atoms with Crippen molar-refractivity contribution in [2.45, 2.75) is 4.90 Å². The molecule has 7 nitrogen and oxygen atoms in total. The lowest BCUT2D eigenvalue weighted by atomic mass is 9.91. The lowest BCUT2D eigenvalue weighted by Gasteiger charge is -2.17. The number of halogens is 5. The third-order valence-corrected chi connectivity index (χ3v) is 10.9. The molecule has 0 saturated carbocycles.